The Balaban J connectivity index is 1.96. The smallest absolute Gasteiger partial charge is 0.254 e. The number of nitrogens with zero attached hydrogens (tertiary/aromatic N) is 3. The molecule has 2 N–H and O–H groups in total. The zero-order valence-electron chi connectivity index (χ0n) is 15.6. The van der Waals surface area contributed by atoms with E-state index in [9.17, 15) is 4.79 Å². The van der Waals surface area contributed by atoms with E-state index < -0.39 is 0 Å². The highest BCUT2D eigenvalue weighted by Gasteiger charge is 2.09. The molecule has 0 bridgehead atoms. The topological polar surface area (TPSA) is 88.6 Å². The molecule has 2 aromatic rings. The molecule has 0 aliphatic carbocycles. The van der Waals surface area contributed by atoms with E-state index in [-0.39, 0.29) is 5.91 Å². The zero-order chi connectivity index (χ0) is 18.9. The number of methoxy groups -OCH3 is 2. The highest BCUT2D eigenvalue weighted by atomic mass is 16.5. The average Bonchev–Trinajstić information content (AvgIpc) is 2.65. The van der Waals surface area contributed by atoms with Gasteiger partial charge in [-0.1, -0.05) is 0 Å². The van der Waals surface area contributed by atoms with Crippen molar-refractivity contribution < 1.29 is 14.3 Å². The maximum absolute atomic E-state index is 12.1. The molecule has 0 saturated heterocycles. The number of carbonyl (C=O) groups excluding carboxylic acids is 1. The van der Waals surface area contributed by atoms with Crippen molar-refractivity contribution in [2.75, 3.05) is 46.7 Å². The number of hydrogen-bond donors (Lipinski definition) is 2. The molecular formula is C18H25N5O3. The molecule has 0 unspecified atom stereocenters. The molecule has 2 rings (SSSR count). The fraction of sp³-hybridized carbons (Fsp3) is 0.389. The monoisotopic (exact) mass is 359 g/mol. The summed E-state index contributed by atoms with van der Waals surface area (Å²) in [5.74, 6) is 1.49. The minimum Gasteiger partial charge on any atom is -0.497 e. The Kier molecular flexibility index (Phi) is 7.16. The van der Waals surface area contributed by atoms with Crippen molar-refractivity contribution in [3.8, 4) is 11.5 Å². The third-order valence-electron chi connectivity index (χ3n) is 3.64. The van der Waals surface area contributed by atoms with Crippen molar-refractivity contribution in [3.05, 3.63) is 36.2 Å². The number of nitrogens with one attached hydrogen (secondary N) is 2. The Morgan fingerprint density at radius 1 is 1.15 bits per heavy atom. The van der Waals surface area contributed by atoms with Crippen LogP contribution in [0.15, 0.2) is 30.6 Å². The van der Waals surface area contributed by atoms with Crippen molar-refractivity contribution >= 4 is 17.5 Å². The quantitative estimate of drug-likeness (QED) is 0.661. The van der Waals surface area contributed by atoms with Gasteiger partial charge in [-0.3, -0.25) is 4.79 Å². The van der Waals surface area contributed by atoms with Crippen LogP contribution in [0.3, 0.4) is 0 Å². The predicted molar refractivity (Wildman–Crippen MR) is 100 cm³/mol. The van der Waals surface area contributed by atoms with E-state index in [0.717, 1.165) is 13.0 Å². The SMILES string of the molecule is COc1ccc(Nc2ncc(C(=O)NCCCN(C)C)cn2)c(OC)c1. The molecule has 8 nitrogen and oxygen atoms in total. The summed E-state index contributed by atoms with van der Waals surface area (Å²) in [6.45, 7) is 1.53. The number of aromatic nitrogens is 2. The Labute approximate surface area is 153 Å². The third kappa shape index (κ3) is 5.59. The van der Waals surface area contributed by atoms with Gasteiger partial charge in [0.15, 0.2) is 0 Å². The number of hydrogen-bond acceptors (Lipinski definition) is 7. The lowest BCUT2D eigenvalue weighted by Gasteiger charge is -2.12. The summed E-state index contributed by atoms with van der Waals surface area (Å²) in [7, 11) is 7.16. The Hall–Kier alpha value is -2.87. The van der Waals surface area contributed by atoms with Crippen LogP contribution in [0.25, 0.3) is 0 Å². The molecule has 0 fully saturated rings. The van der Waals surface area contributed by atoms with Crippen molar-refractivity contribution in [1.29, 1.82) is 0 Å². The second-order valence-electron chi connectivity index (χ2n) is 5.90. The van der Waals surface area contributed by atoms with E-state index in [0.29, 0.717) is 35.2 Å². The maximum atomic E-state index is 12.1. The van der Waals surface area contributed by atoms with E-state index in [1.807, 2.05) is 20.2 Å². The van der Waals surface area contributed by atoms with Gasteiger partial charge in [-0.15, -0.1) is 0 Å². The fourth-order valence-corrected chi connectivity index (χ4v) is 2.23. The minimum atomic E-state index is -0.183. The molecule has 1 heterocycles. The first-order valence-corrected chi connectivity index (χ1v) is 8.27. The van der Waals surface area contributed by atoms with Crippen molar-refractivity contribution in [2.24, 2.45) is 0 Å². The molecule has 8 heteroatoms. The summed E-state index contributed by atoms with van der Waals surface area (Å²) >= 11 is 0. The normalized spacial score (nSPS) is 10.5. The maximum Gasteiger partial charge on any atom is 0.254 e. The van der Waals surface area contributed by atoms with Crippen LogP contribution in [0, 0.1) is 0 Å². The van der Waals surface area contributed by atoms with E-state index in [1.54, 1.807) is 26.4 Å². The second-order valence-corrected chi connectivity index (χ2v) is 5.90. The molecule has 0 aliphatic heterocycles. The summed E-state index contributed by atoms with van der Waals surface area (Å²) < 4.78 is 10.5. The van der Waals surface area contributed by atoms with Crippen molar-refractivity contribution in [2.45, 2.75) is 6.42 Å². The van der Waals surface area contributed by atoms with Crippen LogP contribution >= 0.6 is 0 Å². The van der Waals surface area contributed by atoms with E-state index in [4.69, 9.17) is 9.47 Å². The minimum absolute atomic E-state index is 0.183. The van der Waals surface area contributed by atoms with Gasteiger partial charge in [0, 0.05) is 25.0 Å². The number of ether oxygens (including phenoxy) is 2. The molecule has 1 amide bonds. The molecule has 26 heavy (non-hydrogen) atoms. The molecule has 140 valence electrons. The average molecular weight is 359 g/mol. The summed E-state index contributed by atoms with van der Waals surface area (Å²) in [5.41, 5.74) is 1.12. The first-order valence-electron chi connectivity index (χ1n) is 8.27. The summed E-state index contributed by atoms with van der Waals surface area (Å²) in [5, 5.41) is 5.92. The number of amides is 1. The van der Waals surface area contributed by atoms with Crippen LogP contribution in [0.5, 0.6) is 11.5 Å². The van der Waals surface area contributed by atoms with E-state index >= 15 is 0 Å². The van der Waals surface area contributed by atoms with Crippen molar-refractivity contribution in [3.63, 3.8) is 0 Å². The number of carbonyl (C=O) groups is 1. The van der Waals surface area contributed by atoms with Crippen LogP contribution in [0.4, 0.5) is 11.6 Å². The number of benzene rings is 1. The van der Waals surface area contributed by atoms with Gasteiger partial charge in [0.1, 0.15) is 11.5 Å². The number of rotatable bonds is 9. The van der Waals surface area contributed by atoms with Gasteiger partial charge in [0.2, 0.25) is 5.95 Å². The van der Waals surface area contributed by atoms with E-state index in [2.05, 4.69) is 25.5 Å². The lowest BCUT2D eigenvalue weighted by Crippen LogP contribution is -2.27. The first-order chi connectivity index (χ1) is 12.5. The van der Waals surface area contributed by atoms with Gasteiger partial charge in [0.05, 0.1) is 25.5 Å². The van der Waals surface area contributed by atoms with Gasteiger partial charge < -0.3 is 25.0 Å². The lowest BCUT2D eigenvalue weighted by molar-refractivity contribution is 0.0951. The molecule has 0 spiro atoms. The van der Waals surface area contributed by atoms with Crippen LogP contribution in [-0.4, -0.2) is 62.2 Å². The van der Waals surface area contributed by atoms with Gasteiger partial charge in [0.25, 0.3) is 5.91 Å². The van der Waals surface area contributed by atoms with Crippen LogP contribution < -0.4 is 20.1 Å². The third-order valence-corrected chi connectivity index (χ3v) is 3.64. The lowest BCUT2D eigenvalue weighted by atomic mass is 10.2. The largest absolute Gasteiger partial charge is 0.497 e. The molecule has 0 saturated carbocycles. The van der Waals surface area contributed by atoms with Gasteiger partial charge >= 0.3 is 0 Å². The Bertz CT molecular complexity index is 719. The van der Waals surface area contributed by atoms with Crippen LogP contribution in [0.1, 0.15) is 16.8 Å². The Morgan fingerprint density at radius 3 is 2.50 bits per heavy atom. The molecule has 0 radical (unpaired) electrons. The molecule has 0 atom stereocenters. The highest BCUT2D eigenvalue weighted by molar-refractivity contribution is 5.93. The van der Waals surface area contributed by atoms with Crippen molar-refractivity contribution in [1.82, 2.24) is 20.2 Å². The fourth-order valence-electron chi connectivity index (χ4n) is 2.23. The van der Waals surface area contributed by atoms with Gasteiger partial charge in [-0.2, -0.15) is 0 Å². The molecule has 1 aromatic heterocycles. The molecular weight excluding hydrogens is 334 g/mol. The van der Waals surface area contributed by atoms with Gasteiger partial charge in [-0.25, -0.2) is 9.97 Å². The first kappa shape index (κ1) is 19.5. The molecule has 0 aliphatic rings. The summed E-state index contributed by atoms with van der Waals surface area (Å²) in [4.78, 5) is 22.5. The second kappa shape index (κ2) is 9.57. The summed E-state index contributed by atoms with van der Waals surface area (Å²) in [6, 6.07) is 5.38. The number of anilines is 2. The van der Waals surface area contributed by atoms with E-state index in [1.165, 1.54) is 12.4 Å². The highest BCUT2D eigenvalue weighted by Crippen LogP contribution is 2.30. The predicted octanol–water partition coefficient (Wildman–Crippen LogP) is 1.92. The van der Waals surface area contributed by atoms with Gasteiger partial charge in [-0.05, 0) is 39.2 Å². The standard InChI is InChI=1S/C18H25N5O3/c1-23(2)9-5-8-19-17(24)13-11-20-18(21-12-13)22-15-7-6-14(25-3)10-16(15)26-4/h6-7,10-12H,5,8-9H2,1-4H3,(H,19,24)(H,20,21,22). The summed E-state index contributed by atoms with van der Waals surface area (Å²) in [6.07, 6.45) is 3.87. The molecule has 1 aromatic carbocycles. The zero-order valence-corrected chi connectivity index (χ0v) is 15.6. The van der Waals surface area contributed by atoms with Crippen LogP contribution in [0.2, 0.25) is 0 Å². The Morgan fingerprint density at radius 2 is 1.88 bits per heavy atom. The van der Waals surface area contributed by atoms with Crippen LogP contribution in [-0.2, 0) is 0 Å².